The molecule has 0 radical (unpaired) electrons. The maximum Gasteiger partial charge on any atom is 0.196 e. The van der Waals surface area contributed by atoms with Crippen LogP contribution in [0.4, 0.5) is 0 Å². The van der Waals surface area contributed by atoms with Gasteiger partial charge in [-0.2, -0.15) is 0 Å². The minimum Gasteiger partial charge on any atom is -0.494 e. The van der Waals surface area contributed by atoms with Crippen LogP contribution in [-0.4, -0.2) is 10.1 Å². The molecule has 2 heterocycles. The second-order valence-electron chi connectivity index (χ2n) is 3.85. The van der Waals surface area contributed by atoms with E-state index in [4.69, 9.17) is 4.42 Å². The summed E-state index contributed by atoms with van der Waals surface area (Å²) in [6, 6.07) is 9.70. The smallest absolute Gasteiger partial charge is 0.196 e. The Kier molecular flexibility index (Phi) is 1.80. The van der Waals surface area contributed by atoms with E-state index in [1.54, 1.807) is 6.20 Å². The van der Waals surface area contributed by atoms with E-state index in [1.807, 2.05) is 37.3 Å². The van der Waals surface area contributed by atoms with Crippen molar-refractivity contribution in [2.24, 2.45) is 0 Å². The van der Waals surface area contributed by atoms with Crippen LogP contribution < -0.4 is 0 Å². The van der Waals surface area contributed by atoms with Crippen LogP contribution in [0, 0.1) is 6.92 Å². The van der Waals surface area contributed by atoms with Crippen LogP contribution in [-0.2, 0) is 0 Å². The fourth-order valence-corrected chi connectivity index (χ4v) is 1.86. The number of H-pyrrole nitrogens is 1. The second-order valence-corrected chi connectivity index (χ2v) is 3.85. The van der Waals surface area contributed by atoms with Crippen LogP contribution in [0.25, 0.3) is 22.1 Å². The van der Waals surface area contributed by atoms with Gasteiger partial charge in [-0.15, -0.1) is 0 Å². The Morgan fingerprint density at radius 2 is 2.06 bits per heavy atom. The van der Waals surface area contributed by atoms with E-state index in [9.17, 15) is 5.11 Å². The zero-order valence-corrected chi connectivity index (χ0v) is 8.82. The fraction of sp³-hybridized carbons (Fsp3) is 0.0769. The first-order chi connectivity index (χ1) is 7.74. The number of furan rings is 1. The number of aryl methyl sites for hydroxylation is 1. The van der Waals surface area contributed by atoms with Crippen LogP contribution in [0.15, 0.2) is 40.9 Å². The van der Waals surface area contributed by atoms with Crippen LogP contribution in [0.2, 0.25) is 0 Å². The second kappa shape index (κ2) is 3.17. The summed E-state index contributed by atoms with van der Waals surface area (Å²) in [5, 5.41) is 11.3. The van der Waals surface area contributed by atoms with Crippen molar-refractivity contribution in [1.29, 1.82) is 0 Å². The highest BCUT2D eigenvalue weighted by Gasteiger charge is 2.06. The fourth-order valence-electron chi connectivity index (χ4n) is 1.86. The van der Waals surface area contributed by atoms with Crippen molar-refractivity contribution in [2.75, 3.05) is 0 Å². The standard InChI is InChI=1S/C13H11NO2/c1-8-2-5-12(16-8)9-3-4-11-10(6-9)7-14-13(11)15/h2-7,14-15H,1H3. The van der Waals surface area contributed by atoms with Gasteiger partial charge in [-0.05, 0) is 31.2 Å². The van der Waals surface area contributed by atoms with Gasteiger partial charge in [0.15, 0.2) is 5.88 Å². The van der Waals surface area contributed by atoms with Crippen molar-refractivity contribution >= 4 is 10.8 Å². The van der Waals surface area contributed by atoms with E-state index in [2.05, 4.69) is 4.98 Å². The third kappa shape index (κ3) is 1.29. The quantitative estimate of drug-likeness (QED) is 0.650. The zero-order chi connectivity index (χ0) is 11.1. The van der Waals surface area contributed by atoms with Crippen LogP contribution >= 0.6 is 0 Å². The van der Waals surface area contributed by atoms with Gasteiger partial charge in [0.2, 0.25) is 0 Å². The third-order valence-corrected chi connectivity index (χ3v) is 2.70. The Morgan fingerprint density at radius 1 is 1.19 bits per heavy atom. The minimum absolute atomic E-state index is 0.206. The lowest BCUT2D eigenvalue weighted by Gasteiger charge is -1.97. The maximum absolute atomic E-state index is 9.50. The Balaban J connectivity index is 2.18. The van der Waals surface area contributed by atoms with Crippen LogP contribution in [0.5, 0.6) is 5.88 Å². The molecule has 80 valence electrons. The molecule has 16 heavy (non-hydrogen) atoms. The Morgan fingerprint density at radius 3 is 2.81 bits per heavy atom. The topological polar surface area (TPSA) is 49.2 Å². The van der Waals surface area contributed by atoms with E-state index in [0.29, 0.717) is 0 Å². The summed E-state index contributed by atoms with van der Waals surface area (Å²) in [7, 11) is 0. The zero-order valence-electron chi connectivity index (χ0n) is 8.82. The van der Waals surface area contributed by atoms with E-state index < -0.39 is 0 Å². The number of benzene rings is 1. The van der Waals surface area contributed by atoms with Gasteiger partial charge in [-0.25, -0.2) is 0 Å². The lowest BCUT2D eigenvalue weighted by molar-refractivity contribution is 0.462. The molecule has 1 aromatic carbocycles. The highest BCUT2D eigenvalue weighted by molar-refractivity contribution is 5.90. The van der Waals surface area contributed by atoms with Gasteiger partial charge in [0, 0.05) is 22.5 Å². The summed E-state index contributed by atoms with van der Waals surface area (Å²) >= 11 is 0. The van der Waals surface area contributed by atoms with Crippen molar-refractivity contribution in [2.45, 2.75) is 6.92 Å². The number of fused-ring (bicyclic) bond motifs is 1. The summed E-state index contributed by atoms with van der Waals surface area (Å²) in [4.78, 5) is 2.79. The van der Waals surface area contributed by atoms with Gasteiger partial charge in [0.05, 0.1) is 0 Å². The molecule has 3 heteroatoms. The summed E-state index contributed by atoms with van der Waals surface area (Å²) in [5.41, 5.74) is 1.01. The molecule has 0 saturated carbocycles. The van der Waals surface area contributed by atoms with E-state index in [0.717, 1.165) is 27.9 Å². The Bertz CT molecular complexity index is 649. The number of aromatic hydroxyl groups is 1. The molecular formula is C13H11NO2. The predicted molar refractivity (Wildman–Crippen MR) is 62.4 cm³/mol. The average Bonchev–Trinajstić information content (AvgIpc) is 2.86. The molecule has 2 aromatic heterocycles. The highest BCUT2D eigenvalue weighted by Crippen LogP contribution is 2.29. The molecule has 3 rings (SSSR count). The van der Waals surface area contributed by atoms with Gasteiger partial charge in [-0.1, -0.05) is 6.07 Å². The van der Waals surface area contributed by atoms with E-state index in [-0.39, 0.29) is 5.88 Å². The van der Waals surface area contributed by atoms with Crippen molar-refractivity contribution in [3.63, 3.8) is 0 Å². The van der Waals surface area contributed by atoms with Crippen LogP contribution in [0.3, 0.4) is 0 Å². The number of hydrogen-bond acceptors (Lipinski definition) is 2. The molecule has 0 aliphatic carbocycles. The molecule has 0 amide bonds. The first-order valence-electron chi connectivity index (χ1n) is 5.11. The summed E-state index contributed by atoms with van der Waals surface area (Å²) in [5.74, 6) is 1.95. The monoisotopic (exact) mass is 213 g/mol. The normalized spacial score (nSPS) is 11.1. The van der Waals surface area contributed by atoms with Gasteiger partial charge in [0.25, 0.3) is 0 Å². The van der Waals surface area contributed by atoms with Gasteiger partial charge >= 0.3 is 0 Å². The molecule has 0 atom stereocenters. The average molecular weight is 213 g/mol. The number of aromatic amines is 1. The number of aromatic nitrogens is 1. The minimum atomic E-state index is 0.206. The molecule has 0 aliphatic heterocycles. The highest BCUT2D eigenvalue weighted by atomic mass is 16.3. The molecule has 0 spiro atoms. The van der Waals surface area contributed by atoms with E-state index in [1.165, 1.54) is 0 Å². The summed E-state index contributed by atoms with van der Waals surface area (Å²) in [6.07, 6.45) is 1.78. The number of rotatable bonds is 1. The maximum atomic E-state index is 9.50. The number of hydrogen-bond donors (Lipinski definition) is 2. The van der Waals surface area contributed by atoms with Crippen molar-refractivity contribution in [1.82, 2.24) is 4.98 Å². The Hall–Kier alpha value is -2.16. The molecule has 0 aliphatic rings. The van der Waals surface area contributed by atoms with Crippen molar-refractivity contribution < 1.29 is 9.52 Å². The largest absolute Gasteiger partial charge is 0.494 e. The third-order valence-electron chi connectivity index (χ3n) is 2.70. The molecular weight excluding hydrogens is 202 g/mol. The van der Waals surface area contributed by atoms with Gasteiger partial charge in [-0.3, -0.25) is 0 Å². The van der Waals surface area contributed by atoms with Crippen molar-refractivity contribution in [3.05, 3.63) is 42.3 Å². The molecule has 0 bridgehead atoms. The molecule has 3 nitrogen and oxygen atoms in total. The SMILES string of the molecule is Cc1ccc(-c2ccc3c(O)[nH]cc3c2)o1. The first kappa shape index (κ1) is 9.09. The summed E-state index contributed by atoms with van der Waals surface area (Å²) < 4.78 is 5.55. The molecule has 0 unspecified atom stereocenters. The first-order valence-corrected chi connectivity index (χ1v) is 5.11. The predicted octanol–water partition coefficient (Wildman–Crippen LogP) is 3.44. The lowest BCUT2D eigenvalue weighted by Crippen LogP contribution is -1.73. The summed E-state index contributed by atoms with van der Waals surface area (Å²) in [6.45, 7) is 1.92. The lowest BCUT2D eigenvalue weighted by atomic mass is 10.1. The van der Waals surface area contributed by atoms with Crippen LogP contribution in [0.1, 0.15) is 5.76 Å². The molecule has 0 saturated heterocycles. The van der Waals surface area contributed by atoms with E-state index >= 15 is 0 Å². The molecule has 0 fully saturated rings. The van der Waals surface area contributed by atoms with Gasteiger partial charge in [0.1, 0.15) is 11.5 Å². The van der Waals surface area contributed by atoms with Crippen molar-refractivity contribution in [3.8, 4) is 17.2 Å². The molecule has 3 aromatic rings. The Labute approximate surface area is 92.3 Å². The number of nitrogens with one attached hydrogen (secondary N) is 1. The molecule has 2 N–H and O–H groups in total. The van der Waals surface area contributed by atoms with Gasteiger partial charge < -0.3 is 14.5 Å².